The van der Waals surface area contributed by atoms with Crippen LogP contribution in [-0.4, -0.2) is 19.7 Å². The van der Waals surface area contributed by atoms with E-state index in [4.69, 9.17) is 4.74 Å². The Hall–Kier alpha value is -1.51. The van der Waals surface area contributed by atoms with Crippen molar-refractivity contribution < 1.29 is 9.53 Å². The van der Waals surface area contributed by atoms with Gasteiger partial charge in [0.2, 0.25) is 0 Å². The normalized spacial score (nSPS) is 9.38. The zero-order valence-electron chi connectivity index (χ0n) is 7.56. The molecule has 0 aromatic heterocycles. The molecule has 0 spiro atoms. The van der Waals surface area contributed by atoms with Crippen LogP contribution in [0.4, 0.5) is 10.5 Å². The van der Waals surface area contributed by atoms with Crippen LogP contribution in [0.15, 0.2) is 30.3 Å². The van der Waals surface area contributed by atoms with Gasteiger partial charge in [0.05, 0.1) is 6.61 Å². The standard InChI is InChI=1S/C10H12NO2/c1-3-13-10(12)11(2)9-7-5-4-6-8-9/h4-8H,1,3H2,2H3. The molecule has 1 aromatic rings. The van der Waals surface area contributed by atoms with Crippen LogP contribution in [0, 0.1) is 6.92 Å². The molecule has 1 radical (unpaired) electrons. The molecule has 0 aliphatic rings. The Kier molecular flexibility index (Phi) is 3.31. The third-order valence-electron chi connectivity index (χ3n) is 1.64. The van der Waals surface area contributed by atoms with Gasteiger partial charge in [-0.2, -0.15) is 0 Å². The average Bonchev–Trinajstić information content (AvgIpc) is 2.18. The van der Waals surface area contributed by atoms with Crippen molar-refractivity contribution in [2.24, 2.45) is 0 Å². The number of carbonyl (C=O) groups is 1. The lowest BCUT2D eigenvalue weighted by Crippen LogP contribution is -2.26. The minimum absolute atomic E-state index is 0.149. The zero-order chi connectivity index (χ0) is 9.68. The van der Waals surface area contributed by atoms with Crippen molar-refractivity contribution in [1.29, 1.82) is 0 Å². The highest BCUT2D eigenvalue weighted by Gasteiger charge is 2.09. The van der Waals surface area contributed by atoms with Gasteiger partial charge in [-0.05, 0) is 19.1 Å². The van der Waals surface area contributed by atoms with Gasteiger partial charge in [-0.3, -0.25) is 4.90 Å². The topological polar surface area (TPSA) is 29.5 Å². The first kappa shape index (κ1) is 9.58. The fourth-order valence-corrected chi connectivity index (χ4v) is 0.941. The molecular formula is C10H12NO2. The molecule has 0 saturated carbocycles. The number of amides is 1. The Labute approximate surface area is 77.9 Å². The lowest BCUT2D eigenvalue weighted by atomic mass is 10.3. The van der Waals surface area contributed by atoms with Gasteiger partial charge in [-0.1, -0.05) is 18.2 Å². The second-order valence-corrected chi connectivity index (χ2v) is 2.51. The molecule has 3 heteroatoms. The zero-order valence-corrected chi connectivity index (χ0v) is 7.56. The summed E-state index contributed by atoms with van der Waals surface area (Å²) in [6.45, 7) is 3.58. The quantitative estimate of drug-likeness (QED) is 0.694. The first-order valence-corrected chi connectivity index (χ1v) is 4.00. The molecule has 0 heterocycles. The molecule has 1 rings (SSSR count). The fraction of sp³-hybridized carbons (Fsp3) is 0.200. The summed E-state index contributed by atoms with van der Waals surface area (Å²) in [6, 6.07) is 9.30. The van der Waals surface area contributed by atoms with Crippen LogP contribution >= 0.6 is 0 Å². The smallest absolute Gasteiger partial charge is 0.414 e. The number of carbonyl (C=O) groups excluding carboxylic acids is 1. The average molecular weight is 178 g/mol. The molecular weight excluding hydrogens is 166 g/mol. The van der Waals surface area contributed by atoms with E-state index in [1.807, 2.05) is 30.3 Å². The van der Waals surface area contributed by atoms with E-state index in [0.29, 0.717) is 0 Å². The van der Waals surface area contributed by atoms with Crippen LogP contribution in [-0.2, 0) is 4.74 Å². The molecule has 69 valence electrons. The van der Waals surface area contributed by atoms with Crippen molar-refractivity contribution in [2.75, 3.05) is 18.6 Å². The van der Waals surface area contributed by atoms with E-state index >= 15 is 0 Å². The van der Waals surface area contributed by atoms with Crippen molar-refractivity contribution >= 4 is 11.8 Å². The first-order valence-electron chi connectivity index (χ1n) is 4.00. The summed E-state index contributed by atoms with van der Waals surface area (Å²) in [4.78, 5) is 12.6. The second-order valence-electron chi connectivity index (χ2n) is 2.51. The molecule has 3 nitrogen and oxygen atoms in total. The molecule has 0 fully saturated rings. The molecule has 0 N–H and O–H groups in total. The summed E-state index contributed by atoms with van der Waals surface area (Å²) < 4.78 is 4.73. The van der Waals surface area contributed by atoms with E-state index in [-0.39, 0.29) is 12.7 Å². The number of ether oxygens (including phenoxy) is 1. The highest BCUT2D eigenvalue weighted by Crippen LogP contribution is 2.11. The minimum atomic E-state index is -0.388. The summed E-state index contributed by atoms with van der Waals surface area (Å²) in [6.07, 6.45) is -0.388. The monoisotopic (exact) mass is 178 g/mol. The molecule has 0 bridgehead atoms. The van der Waals surface area contributed by atoms with E-state index in [2.05, 4.69) is 6.92 Å². The summed E-state index contributed by atoms with van der Waals surface area (Å²) in [7, 11) is 1.66. The highest BCUT2D eigenvalue weighted by molar-refractivity contribution is 5.86. The fourth-order valence-electron chi connectivity index (χ4n) is 0.941. The van der Waals surface area contributed by atoms with Gasteiger partial charge in [-0.25, -0.2) is 4.79 Å². The SMILES string of the molecule is [CH2]COC(=O)N(C)c1ccccc1. The van der Waals surface area contributed by atoms with Crippen LogP contribution in [0.3, 0.4) is 0 Å². The van der Waals surface area contributed by atoms with Crippen LogP contribution in [0.25, 0.3) is 0 Å². The van der Waals surface area contributed by atoms with Gasteiger partial charge in [0.25, 0.3) is 0 Å². The Morgan fingerprint density at radius 3 is 2.62 bits per heavy atom. The lowest BCUT2D eigenvalue weighted by molar-refractivity contribution is 0.167. The maximum absolute atomic E-state index is 11.2. The third-order valence-corrected chi connectivity index (χ3v) is 1.64. The van der Waals surface area contributed by atoms with E-state index in [1.54, 1.807) is 7.05 Å². The largest absolute Gasteiger partial charge is 0.449 e. The van der Waals surface area contributed by atoms with Gasteiger partial charge >= 0.3 is 6.09 Å². The second kappa shape index (κ2) is 4.50. The number of benzene rings is 1. The third kappa shape index (κ3) is 2.47. The van der Waals surface area contributed by atoms with E-state index in [9.17, 15) is 4.79 Å². The van der Waals surface area contributed by atoms with Crippen molar-refractivity contribution in [3.63, 3.8) is 0 Å². The Balaban J connectivity index is 2.68. The summed E-state index contributed by atoms with van der Waals surface area (Å²) in [5.74, 6) is 0. The van der Waals surface area contributed by atoms with Crippen molar-refractivity contribution in [2.45, 2.75) is 0 Å². The molecule has 0 unspecified atom stereocenters. The van der Waals surface area contributed by atoms with Crippen LogP contribution in [0.5, 0.6) is 0 Å². The van der Waals surface area contributed by atoms with Gasteiger partial charge in [0.15, 0.2) is 0 Å². The molecule has 13 heavy (non-hydrogen) atoms. The summed E-state index contributed by atoms with van der Waals surface area (Å²) >= 11 is 0. The number of para-hydroxylation sites is 1. The molecule has 0 atom stereocenters. The summed E-state index contributed by atoms with van der Waals surface area (Å²) in [5.41, 5.74) is 0.806. The van der Waals surface area contributed by atoms with Gasteiger partial charge in [-0.15, -0.1) is 0 Å². The summed E-state index contributed by atoms with van der Waals surface area (Å²) in [5, 5.41) is 0. The van der Waals surface area contributed by atoms with E-state index in [0.717, 1.165) is 5.69 Å². The number of rotatable bonds is 2. The van der Waals surface area contributed by atoms with E-state index < -0.39 is 0 Å². The number of anilines is 1. The number of hydrogen-bond donors (Lipinski definition) is 0. The Morgan fingerprint density at radius 1 is 1.46 bits per heavy atom. The van der Waals surface area contributed by atoms with Crippen molar-refractivity contribution in [3.8, 4) is 0 Å². The predicted octanol–water partition coefficient (Wildman–Crippen LogP) is 2.09. The van der Waals surface area contributed by atoms with Gasteiger partial charge < -0.3 is 4.74 Å². The number of nitrogens with zero attached hydrogens (tertiary/aromatic N) is 1. The van der Waals surface area contributed by atoms with E-state index in [1.165, 1.54) is 4.90 Å². The first-order chi connectivity index (χ1) is 6.25. The predicted molar refractivity (Wildman–Crippen MR) is 51.6 cm³/mol. The molecule has 0 saturated heterocycles. The van der Waals surface area contributed by atoms with Crippen molar-refractivity contribution in [1.82, 2.24) is 0 Å². The molecule has 1 aromatic carbocycles. The Bertz CT molecular complexity index is 272. The van der Waals surface area contributed by atoms with Gasteiger partial charge in [0.1, 0.15) is 0 Å². The molecule has 1 amide bonds. The Morgan fingerprint density at radius 2 is 2.08 bits per heavy atom. The lowest BCUT2D eigenvalue weighted by Gasteiger charge is -2.15. The van der Waals surface area contributed by atoms with Crippen LogP contribution < -0.4 is 4.90 Å². The van der Waals surface area contributed by atoms with Crippen LogP contribution in [0.2, 0.25) is 0 Å². The minimum Gasteiger partial charge on any atom is -0.449 e. The maximum Gasteiger partial charge on any atom is 0.414 e. The highest BCUT2D eigenvalue weighted by atomic mass is 16.5. The van der Waals surface area contributed by atoms with Crippen molar-refractivity contribution in [3.05, 3.63) is 37.3 Å². The number of hydrogen-bond acceptors (Lipinski definition) is 2. The molecule has 0 aliphatic heterocycles. The van der Waals surface area contributed by atoms with Gasteiger partial charge in [0, 0.05) is 12.7 Å². The maximum atomic E-state index is 11.2. The van der Waals surface area contributed by atoms with Crippen LogP contribution in [0.1, 0.15) is 0 Å². The molecule has 0 aliphatic carbocycles.